The largest absolute Gasteiger partial charge is 0.376 e. The van der Waals surface area contributed by atoms with E-state index in [4.69, 9.17) is 0 Å². The molecule has 0 saturated heterocycles. The van der Waals surface area contributed by atoms with Gasteiger partial charge in [0.25, 0.3) is 0 Å². The van der Waals surface area contributed by atoms with Crippen LogP contribution in [-0.2, 0) is 6.54 Å². The number of rotatable bonds is 3. The standard InChI is InChI=1S/C20H22N2O/c23-20(13-9-17-6-2-1-3-7-17)12-5-4-8-19(20)22-16-18-10-14-21-15-11-18/h1-3,6-7,10-11,14-15,19,22-23H,4-5,8,12,16H2/t19-,20+/m0/s1. The van der Waals surface area contributed by atoms with Crippen LogP contribution in [-0.4, -0.2) is 21.7 Å². The Morgan fingerprint density at radius 1 is 1.13 bits per heavy atom. The van der Waals surface area contributed by atoms with E-state index in [1.807, 2.05) is 42.5 Å². The number of pyridine rings is 1. The van der Waals surface area contributed by atoms with E-state index in [1.54, 1.807) is 12.4 Å². The van der Waals surface area contributed by atoms with Crippen molar-refractivity contribution in [1.29, 1.82) is 0 Å². The lowest BCUT2D eigenvalue weighted by molar-refractivity contribution is 0.0254. The third-order valence-corrected chi connectivity index (χ3v) is 4.38. The van der Waals surface area contributed by atoms with Crippen molar-refractivity contribution in [1.82, 2.24) is 10.3 Å². The van der Waals surface area contributed by atoms with E-state index in [9.17, 15) is 5.11 Å². The minimum atomic E-state index is -0.957. The smallest absolute Gasteiger partial charge is 0.141 e. The van der Waals surface area contributed by atoms with Crippen LogP contribution in [0, 0.1) is 11.8 Å². The Balaban J connectivity index is 1.71. The summed E-state index contributed by atoms with van der Waals surface area (Å²) in [6.07, 6.45) is 7.40. The van der Waals surface area contributed by atoms with Crippen molar-refractivity contribution in [2.75, 3.05) is 0 Å². The van der Waals surface area contributed by atoms with Gasteiger partial charge in [-0.3, -0.25) is 4.98 Å². The number of benzene rings is 1. The van der Waals surface area contributed by atoms with E-state index in [-0.39, 0.29) is 6.04 Å². The van der Waals surface area contributed by atoms with Gasteiger partial charge in [0.05, 0.1) is 0 Å². The lowest BCUT2D eigenvalue weighted by Crippen LogP contribution is -2.51. The third-order valence-electron chi connectivity index (χ3n) is 4.38. The maximum Gasteiger partial charge on any atom is 0.141 e. The molecule has 0 spiro atoms. The molecule has 1 saturated carbocycles. The molecule has 1 fully saturated rings. The van der Waals surface area contributed by atoms with Gasteiger partial charge in [0.1, 0.15) is 5.60 Å². The highest BCUT2D eigenvalue weighted by molar-refractivity contribution is 5.37. The van der Waals surface area contributed by atoms with Gasteiger partial charge in [-0.1, -0.05) is 36.5 Å². The van der Waals surface area contributed by atoms with Gasteiger partial charge >= 0.3 is 0 Å². The molecule has 0 amide bonds. The number of hydrogen-bond acceptors (Lipinski definition) is 3. The summed E-state index contributed by atoms with van der Waals surface area (Å²) in [6, 6.07) is 13.8. The molecular weight excluding hydrogens is 284 g/mol. The Morgan fingerprint density at radius 2 is 1.91 bits per heavy atom. The second kappa shape index (κ2) is 7.41. The van der Waals surface area contributed by atoms with Crippen LogP contribution in [0.1, 0.15) is 36.8 Å². The van der Waals surface area contributed by atoms with E-state index in [1.165, 1.54) is 5.56 Å². The molecule has 0 aliphatic heterocycles. The second-order valence-corrected chi connectivity index (χ2v) is 6.08. The average molecular weight is 306 g/mol. The molecule has 118 valence electrons. The molecule has 1 aliphatic rings. The SMILES string of the molecule is O[C@@]1(C#Cc2ccccc2)CCCC[C@@H]1NCc1ccncc1. The molecule has 1 aromatic heterocycles. The molecule has 0 bridgehead atoms. The van der Waals surface area contributed by atoms with Crippen LogP contribution < -0.4 is 5.32 Å². The van der Waals surface area contributed by atoms with Crippen molar-refractivity contribution >= 4 is 0 Å². The topological polar surface area (TPSA) is 45.1 Å². The first kappa shape index (κ1) is 15.7. The maximum atomic E-state index is 11.0. The van der Waals surface area contributed by atoms with Crippen LogP contribution in [0.15, 0.2) is 54.9 Å². The van der Waals surface area contributed by atoms with Crippen LogP contribution in [0.2, 0.25) is 0 Å². The normalized spacial score (nSPS) is 23.8. The second-order valence-electron chi connectivity index (χ2n) is 6.08. The quantitative estimate of drug-likeness (QED) is 0.857. The lowest BCUT2D eigenvalue weighted by Gasteiger charge is -2.36. The monoisotopic (exact) mass is 306 g/mol. The van der Waals surface area contributed by atoms with Crippen molar-refractivity contribution in [3.05, 3.63) is 66.0 Å². The Kier molecular flexibility index (Phi) is 5.07. The highest BCUT2D eigenvalue weighted by atomic mass is 16.3. The van der Waals surface area contributed by atoms with Gasteiger partial charge in [0, 0.05) is 30.5 Å². The van der Waals surface area contributed by atoms with Gasteiger partial charge < -0.3 is 10.4 Å². The zero-order chi connectivity index (χ0) is 16.0. The highest BCUT2D eigenvalue weighted by Gasteiger charge is 2.37. The summed E-state index contributed by atoms with van der Waals surface area (Å²) in [5.74, 6) is 6.26. The predicted molar refractivity (Wildman–Crippen MR) is 91.6 cm³/mol. The average Bonchev–Trinajstić information content (AvgIpc) is 2.61. The van der Waals surface area contributed by atoms with Crippen LogP contribution in [0.4, 0.5) is 0 Å². The van der Waals surface area contributed by atoms with Crippen molar-refractivity contribution in [2.24, 2.45) is 0 Å². The summed E-state index contributed by atoms with van der Waals surface area (Å²) in [6.45, 7) is 0.725. The molecule has 2 aromatic rings. The zero-order valence-corrected chi connectivity index (χ0v) is 13.2. The lowest BCUT2D eigenvalue weighted by atomic mass is 9.80. The fourth-order valence-electron chi connectivity index (χ4n) is 3.02. The van der Waals surface area contributed by atoms with Crippen molar-refractivity contribution < 1.29 is 5.11 Å². The van der Waals surface area contributed by atoms with Crippen LogP contribution in [0.25, 0.3) is 0 Å². The Morgan fingerprint density at radius 3 is 2.70 bits per heavy atom. The molecule has 3 nitrogen and oxygen atoms in total. The summed E-state index contributed by atoms with van der Waals surface area (Å²) in [5, 5.41) is 14.5. The molecule has 2 atom stereocenters. The molecule has 1 aromatic carbocycles. The number of hydrogen-bond donors (Lipinski definition) is 2. The van der Waals surface area contributed by atoms with E-state index in [2.05, 4.69) is 22.1 Å². The zero-order valence-electron chi connectivity index (χ0n) is 13.2. The number of nitrogens with zero attached hydrogens (tertiary/aromatic N) is 1. The summed E-state index contributed by atoms with van der Waals surface area (Å²) >= 11 is 0. The Bertz CT molecular complexity index is 675. The molecule has 0 unspecified atom stereocenters. The van der Waals surface area contributed by atoms with Gasteiger partial charge in [-0.15, -0.1) is 0 Å². The summed E-state index contributed by atoms with van der Waals surface area (Å²) in [4.78, 5) is 4.03. The fraction of sp³-hybridized carbons (Fsp3) is 0.350. The van der Waals surface area contributed by atoms with Crippen molar-refractivity contribution in [2.45, 2.75) is 43.9 Å². The number of aliphatic hydroxyl groups is 1. The summed E-state index contributed by atoms with van der Waals surface area (Å²) < 4.78 is 0. The van der Waals surface area contributed by atoms with E-state index < -0.39 is 5.60 Å². The number of aromatic nitrogens is 1. The van der Waals surface area contributed by atoms with Gasteiger partial charge in [-0.25, -0.2) is 0 Å². The van der Waals surface area contributed by atoms with E-state index >= 15 is 0 Å². The number of nitrogens with one attached hydrogen (secondary N) is 1. The first-order valence-corrected chi connectivity index (χ1v) is 8.19. The first-order valence-electron chi connectivity index (χ1n) is 8.19. The molecule has 3 heteroatoms. The van der Waals surface area contributed by atoms with E-state index in [0.717, 1.165) is 37.8 Å². The van der Waals surface area contributed by atoms with Crippen LogP contribution in [0.3, 0.4) is 0 Å². The van der Waals surface area contributed by atoms with Crippen LogP contribution >= 0.6 is 0 Å². The van der Waals surface area contributed by atoms with Crippen molar-refractivity contribution in [3.63, 3.8) is 0 Å². The first-order chi connectivity index (χ1) is 11.3. The minimum Gasteiger partial charge on any atom is -0.376 e. The van der Waals surface area contributed by atoms with Gasteiger partial charge in [0.15, 0.2) is 0 Å². The summed E-state index contributed by atoms with van der Waals surface area (Å²) in [7, 11) is 0. The van der Waals surface area contributed by atoms with E-state index in [0.29, 0.717) is 0 Å². The molecule has 1 aliphatic carbocycles. The molecule has 2 N–H and O–H groups in total. The fourth-order valence-corrected chi connectivity index (χ4v) is 3.02. The summed E-state index contributed by atoms with van der Waals surface area (Å²) in [5.41, 5.74) is 1.16. The minimum absolute atomic E-state index is 0.000581. The predicted octanol–water partition coefficient (Wildman–Crippen LogP) is 2.90. The molecule has 0 radical (unpaired) electrons. The molecule has 23 heavy (non-hydrogen) atoms. The Labute approximate surface area is 137 Å². The highest BCUT2D eigenvalue weighted by Crippen LogP contribution is 2.28. The maximum absolute atomic E-state index is 11.0. The van der Waals surface area contributed by atoms with Crippen molar-refractivity contribution in [3.8, 4) is 11.8 Å². The van der Waals surface area contributed by atoms with Gasteiger partial charge in [0.2, 0.25) is 0 Å². The molecular formula is C20H22N2O. The van der Waals surface area contributed by atoms with Crippen LogP contribution in [0.5, 0.6) is 0 Å². The third kappa shape index (κ3) is 4.19. The Hall–Kier alpha value is -2.15. The van der Waals surface area contributed by atoms with Gasteiger partial charge in [-0.2, -0.15) is 0 Å². The molecule has 3 rings (SSSR count). The van der Waals surface area contributed by atoms with Gasteiger partial charge in [-0.05, 0) is 49.1 Å². The molecule has 1 heterocycles.